The fourth-order valence-corrected chi connectivity index (χ4v) is 2.74. The van der Waals surface area contributed by atoms with Gasteiger partial charge in [0, 0.05) is 20.0 Å². The fourth-order valence-electron chi connectivity index (χ4n) is 2.74. The minimum absolute atomic E-state index is 0.121. The van der Waals surface area contributed by atoms with Crippen LogP contribution in [0.5, 0.6) is 0 Å². The highest BCUT2D eigenvalue weighted by molar-refractivity contribution is 5.75. The van der Waals surface area contributed by atoms with Crippen LogP contribution in [-0.2, 0) is 4.79 Å². The summed E-state index contributed by atoms with van der Waals surface area (Å²) in [6.45, 7) is 1.87. The van der Waals surface area contributed by atoms with E-state index in [4.69, 9.17) is 0 Å². The van der Waals surface area contributed by atoms with Gasteiger partial charge in [-0.25, -0.2) is 0 Å². The first kappa shape index (κ1) is 10.7. The second-order valence-corrected chi connectivity index (χ2v) is 4.67. The highest BCUT2D eigenvalue weighted by Gasteiger charge is 2.34. The molecule has 2 aliphatic carbocycles. The Morgan fingerprint density at radius 1 is 1.40 bits per heavy atom. The third-order valence-corrected chi connectivity index (χ3v) is 3.63. The molecule has 0 aromatic rings. The highest BCUT2D eigenvalue weighted by Crippen LogP contribution is 2.42. The Hall–Kier alpha value is -0.830. The summed E-state index contributed by atoms with van der Waals surface area (Å²) in [5.74, 6) is 2.59. The molecule has 3 atom stereocenters. The number of carbonyl (C=O) groups excluding carboxylic acids is 1. The molecule has 2 aliphatic rings. The van der Waals surface area contributed by atoms with Crippen molar-refractivity contribution in [3.63, 3.8) is 0 Å². The predicted molar refractivity (Wildman–Crippen MR) is 60.4 cm³/mol. The molecule has 84 valence electrons. The lowest BCUT2D eigenvalue weighted by Gasteiger charge is -2.18. The molecule has 0 heterocycles. The molecule has 0 radical (unpaired) electrons. The van der Waals surface area contributed by atoms with Crippen molar-refractivity contribution >= 4 is 5.91 Å². The number of fused-ring (bicyclic) bond motifs is 2. The average molecular weight is 208 g/mol. The minimum atomic E-state index is 0.121. The highest BCUT2D eigenvalue weighted by atomic mass is 16.1. The van der Waals surface area contributed by atoms with Gasteiger partial charge < -0.3 is 10.6 Å². The summed E-state index contributed by atoms with van der Waals surface area (Å²) in [6, 6.07) is 0. The van der Waals surface area contributed by atoms with Crippen LogP contribution in [0, 0.1) is 17.8 Å². The van der Waals surface area contributed by atoms with Crippen molar-refractivity contribution in [3.8, 4) is 0 Å². The van der Waals surface area contributed by atoms with Crippen LogP contribution in [0.25, 0.3) is 0 Å². The van der Waals surface area contributed by atoms with Crippen molar-refractivity contribution < 1.29 is 4.79 Å². The van der Waals surface area contributed by atoms with Crippen LogP contribution in [0.4, 0.5) is 0 Å². The number of carbonyl (C=O) groups is 1. The molecule has 0 aliphatic heterocycles. The summed E-state index contributed by atoms with van der Waals surface area (Å²) in [5.41, 5.74) is 0. The van der Waals surface area contributed by atoms with Crippen molar-refractivity contribution in [2.24, 2.45) is 17.8 Å². The Labute approximate surface area is 91.3 Å². The molecule has 0 spiro atoms. The first-order chi connectivity index (χ1) is 7.29. The van der Waals surface area contributed by atoms with Crippen molar-refractivity contribution in [3.05, 3.63) is 12.2 Å². The van der Waals surface area contributed by atoms with Gasteiger partial charge in [0.05, 0.1) is 0 Å². The van der Waals surface area contributed by atoms with E-state index in [-0.39, 0.29) is 5.91 Å². The van der Waals surface area contributed by atoms with Gasteiger partial charge in [-0.05, 0) is 37.1 Å². The molecule has 0 saturated heterocycles. The van der Waals surface area contributed by atoms with Gasteiger partial charge in [-0.3, -0.25) is 4.79 Å². The van der Waals surface area contributed by atoms with Gasteiger partial charge in [0.1, 0.15) is 0 Å². The third-order valence-electron chi connectivity index (χ3n) is 3.63. The first-order valence-electron chi connectivity index (χ1n) is 5.89. The van der Waals surface area contributed by atoms with Crippen molar-refractivity contribution in [2.75, 3.05) is 20.1 Å². The lowest BCUT2D eigenvalue weighted by atomic mass is 9.94. The maximum absolute atomic E-state index is 11.0. The lowest BCUT2D eigenvalue weighted by molar-refractivity contribution is -0.120. The standard InChI is InChI=1S/C12H20N2O/c1-13-12(15)4-5-14-8-11-7-9-2-3-10(11)6-9/h2-3,9-11,14H,4-8H2,1H3,(H,13,15). The number of allylic oxidation sites excluding steroid dienone is 2. The zero-order chi connectivity index (χ0) is 10.7. The van der Waals surface area contributed by atoms with Crippen LogP contribution < -0.4 is 10.6 Å². The molecular weight excluding hydrogens is 188 g/mol. The molecule has 2 bridgehead atoms. The average Bonchev–Trinajstić information content (AvgIpc) is 2.85. The van der Waals surface area contributed by atoms with Crippen LogP contribution in [0.2, 0.25) is 0 Å². The topological polar surface area (TPSA) is 41.1 Å². The van der Waals surface area contributed by atoms with Gasteiger partial charge >= 0.3 is 0 Å². The molecule has 1 fully saturated rings. The van der Waals surface area contributed by atoms with Crippen LogP contribution >= 0.6 is 0 Å². The van der Waals surface area contributed by atoms with Crippen LogP contribution in [-0.4, -0.2) is 26.0 Å². The van der Waals surface area contributed by atoms with Crippen LogP contribution in [0.3, 0.4) is 0 Å². The van der Waals surface area contributed by atoms with Gasteiger partial charge in [0.15, 0.2) is 0 Å². The SMILES string of the molecule is CNC(=O)CCNCC1CC2C=CC1C2. The van der Waals surface area contributed by atoms with Gasteiger partial charge in [0.25, 0.3) is 0 Å². The summed E-state index contributed by atoms with van der Waals surface area (Å²) >= 11 is 0. The summed E-state index contributed by atoms with van der Waals surface area (Å²) in [7, 11) is 1.68. The monoisotopic (exact) mass is 208 g/mol. The molecule has 2 rings (SSSR count). The van der Waals surface area contributed by atoms with Crippen molar-refractivity contribution in [1.82, 2.24) is 10.6 Å². The smallest absolute Gasteiger partial charge is 0.221 e. The summed E-state index contributed by atoms with van der Waals surface area (Å²) in [5, 5.41) is 6.01. The van der Waals surface area contributed by atoms with E-state index in [2.05, 4.69) is 22.8 Å². The normalized spacial score (nSPS) is 32.2. The largest absolute Gasteiger partial charge is 0.359 e. The van der Waals surface area contributed by atoms with Gasteiger partial charge in [-0.15, -0.1) is 0 Å². The van der Waals surface area contributed by atoms with Crippen molar-refractivity contribution in [1.29, 1.82) is 0 Å². The molecule has 3 heteroatoms. The predicted octanol–water partition coefficient (Wildman–Crippen LogP) is 0.924. The number of hydrogen-bond donors (Lipinski definition) is 2. The Kier molecular flexibility index (Phi) is 3.41. The second kappa shape index (κ2) is 4.79. The van der Waals surface area contributed by atoms with E-state index in [9.17, 15) is 4.79 Å². The quantitative estimate of drug-likeness (QED) is 0.521. The van der Waals surface area contributed by atoms with E-state index in [0.29, 0.717) is 6.42 Å². The third kappa shape index (κ3) is 2.59. The van der Waals surface area contributed by atoms with E-state index >= 15 is 0 Å². The Balaban J connectivity index is 1.59. The minimum Gasteiger partial charge on any atom is -0.359 e. The maximum atomic E-state index is 11.0. The van der Waals surface area contributed by atoms with E-state index < -0.39 is 0 Å². The molecule has 3 unspecified atom stereocenters. The van der Waals surface area contributed by atoms with E-state index in [0.717, 1.165) is 30.8 Å². The molecule has 3 nitrogen and oxygen atoms in total. The molecule has 0 aromatic carbocycles. The number of nitrogens with one attached hydrogen (secondary N) is 2. The van der Waals surface area contributed by atoms with Crippen LogP contribution in [0.15, 0.2) is 12.2 Å². The number of rotatable bonds is 5. The Bertz CT molecular complexity index is 262. The van der Waals surface area contributed by atoms with Gasteiger partial charge in [0.2, 0.25) is 5.91 Å². The molecule has 2 N–H and O–H groups in total. The second-order valence-electron chi connectivity index (χ2n) is 4.67. The summed E-state index contributed by atoms with van der Waals surface area (Å²) < 4.78 is 0. The molecule has 1 amide bonds. The molecule has 0 aromatic heterocycles. The lowest BCUT2D eigenvalue weighted by Crippen LogP contribution is -2.29. The van der Waals surface area contributed by atoms with Gasteiger partial charge in [-0.1, -0.05) is 12.2 Å². The van der Waals surface area contributed by atoms with E-state index in [1.54, 1.807) is 7.05 Å². The first-order valence-corrected chi connectivity index (χ1v) is 5.89. The Morgan fingerprint density at radius 3 is 2.87 bits per heavy atom. The zero-order valence-corrected chi connectivity index (χ0v) is 9.33. The zero-order valence-electron chi connectivity index (χ0n) is 9.33. The summed E-state index contributed by atoms with van der Waals surface area (Å²) in [6.07, 6.45) is 8.04. The summed E-state index contributed by atoms with van der Waals surface area (Å²) in [4.78, 5) is 11.0. The number of hydrogen-bond acceptors (Lipinski definition) is 2. The van der Waals surface area contributed by atoms with E-state index in [1.807, 2.05) is 0 Å². The number of amides is 1. The van der Waals surface area contributed by atoms with Crippen LogP contribution in [0.1, 0.15) is 19.3 Å². The van der Waals surface area contributed by atoms with Gasteiger partial charge in [-0.2, -0.15) is 0 Å². The molecular formula is C12H20N2O. The molecule has 15 heavy (non-hydrogen) atoms. The Morgan fingerprint density at radius 2 is 2.27 bits per heavy atom. The fraction of sp³-hybridized carbons (Fsp3) is 0.750. The van der Waals surface area contributed by atoms with Crippen molar-refractivity contribution in [2.45, 2.75) is 19.3 Å². The molecule has 1 saturated carbocycles. The maximum Gasteiger partial charge on any atom is 0.221 e. The van der Waals surface area contributed by atoms with E-state index in [1.165, 1.54) is 12.8 Å².